The first-order chi connectivity index (χ1) is 11.9. The van der Waals surface area contributed by atoms with Crippen LogP contribution < -0.4 is 10.5 Å². The van der Waals surface area contributed by atoms with Gasteiger partial charge in [-0.25, -0.2) is 0 Å². The molecule has 0 fully saturated rings. The molecule has 0 bridgehead atoms. The molecule has 3 N–H and O–H groups in total. The van der Waals surface area contributed by atoms with Gasteiger partial charge in [-0.3, -0.25) is 0 Å². The molecule has 2 aromatic carbocycles. The first kappa shape index (κ1) is 17.6. The van der Waals surface area contributed by atoms with Crippen LogP contribution in [-0.4, -0.2) is 36.0 Å². The summed E-state index contributed by atoms with van der Waals surface area (Å²) in [5, 5.41) is 8.17. The number of amides is 2. The first-order valence-electron chi connectivity index (χ1n) is 7.36. The second kappa shape index (κ2) is 6.96. The number of benzene rings is 2. The third kappa shape index (κ3) is 3.90. The van der Waals surface area contributed by atoms with Crippen molar-refractivity contribution in [3.05, 3.63) is 70.1 Å². The van der Waals surface area contributed by atoms with Crippen LogP contribution in [0.5, 0.6) is 0 Å². The van der Waals surface area contributed by atoms with Gasteiger partial charge in [0.2, 0.25) is 0 Å². The number of fused-ring (bicyclic) bond motifs is 1. The van der Waals surface area contributed by atoms with Crippen molar-refractivity contribution in [1.29, 1.82) is 0 Å². The van der Waals surface area contributed by atoms with Crippen LogP contribution in [0.3, 0.4) is 0 Å². The Kier molecular flexibility index (Phi) is 4.90. The Morgan fingerprint density at radius 3 is 2.24 bits per heavy atom. The molecule has 1 unspecified atom stereocenters. The van der Waals surface area contributed by atoms with Crippen LogP contribution in [0.2, 0.25) is 0 Å². The van der Waals surface area contributed by atoms with Gasteiger partial charge in [-0.05, 0) is 0 Å². The number of nitrogens with two attached hydrogens (primary N) is 1. The van der Waals surface area contributed by atoms with E-state index in [4.69, 9.17) is 5.14 Å². The SMILES string of the molecule is NS(=O)(=O)c1ccc(C[AsH]C=C2C(=O)NC(=O)c3ccccc32)cc1. The Morgan fingerprint density at radius 1 is 0.960 bits per heavy atom. The van der Waals surface area contributed by atoms with Crippen LogP contribution in [-0.2, 0) is 20.0 Å². The molecule has 6 nitrogen and oxygen atoms in total. The van der Waals surface area contributed by atoms with Crippen molar-refractivity contribution in [1.82, 2.24) is 5.32 Å². The predicted octanol–water partition coefficient (Wildman–Crippen LogP) is 0.582. The Labute approximate surface area is 151 Å². The quantitative estimate of drug-likeness (QED) is 0.431. The van der Waals surface area contributed by atoms with Gasteiger partial charge in [-0.1, -0.05) is 0 Å². The van der Waals surface area contributed by atoms with Gasteiger partial charge >= 0.3 is 152 Å². The number of carbonyl (C=O) groups is 2. The Hall–Kier alpha value is -2.21. The zero-order valence-corrected chi connectivity index (χ0v) is 15.9. The fourth-order valence-electron chi connectivity index (χ4n) is 2.49. The number of rotatable bonds is 4. The van der Waals surface area contributed by atoms with E-state index in [2.05, 4.69) is 5.32 Å². The number of sulfonamides is 1. The second-order valence-corrected chi connectivity index (χ2v) is 9.22. The summed E-state index contributed by atoms with van der Waals surface area (Å²) in [5.41, 5.74) is 2.66. The molecule has 128 valence electrons. The van der Waals surface area contributed by atoms with Crippen LogP contribution in [0, 0.1) is 0 Å². The van der Waals surface area contributed by atoms with Gasteiger partial charge in [0, 0.05) is 0 Å². The van der Waals surface area contributed by atoms with Gasteiger partial charge in [0.05, 0.1) is 0 Å². The number of carbonyl (C=O) groups excluding carboxylic acids is 2. The Balaban J connectivity index is 1.77. The van der Waals surface area contributed by atoms with E-state index in [9.17, 15) is 18.0 Å². The molecule has 8 heteroatoms. The minimum atomic E-state index is -3.69. The van der Waals surface area contributed by atoms with E-state index in [0.29, 0.717) is 16.7 Å². The van der Waals surface area contributed by atoms with E-state index in [-0.39, 0.29) is 16.7 Å². The summed E-state index contributed by atoms with van der Waals surface area (Å²) < 4.78 is 22.5. The summed E-state index contributed by atoms with van der Waals surface area (Å²) in [5.74, 6) is -0.756. The first-order valence-corrected chi connectivity index (χ1v) is 11.6. The van der Waals surface area contributed by atoms with Gasteiger partial charge in [0.15, 0.2) is 0 Å². The second-order valence-electron chi connectivity index (χ2n) is 5.46. The molecule has 0 spiro atoms. The molecule has 0 aliphatic carbocycles. The van der Waals surface area contributed by atoms with Crippen molar-refractivity contribution < 1.29 is 18.0 Å². The van der Waals surface area contributed by atoms with E-state index in [0.717, 1.165) is 10.8 Å². The molecule has 0 aromatic heterocycles. The molecular formula is C17H15AsN2O4S. The van der Waals surface area contributed by atoms with Gasteiger partial charge in [0.25, 0.3) is 0 Å². The number of hydrogen-bond acceptors (Lipinski definition) is 4. The van der Waals surface area contributed by atoms with Crippen molar-refractivity contribution >= 4 is 43.2 Å². The molecule has 2 aromatic rings. The van der Waals surface area contributed by atoms with E-state index in [1.807, 2.05) is 4.86 Å². The van der Waals surface area contributed by atoms with E-state index in [1.165, 1.54) is 12.1 Å². The van der Waals surface area contributed by atoms with Crippen LogP contribution in [0.15, 0.2) is 58.3 Å². The van der Waals surface area contributed by atoms with Crippen molar-refractivity contribution in [2.24, 2.45) is 5.14 Å². The van der Waals surface area contributed by atoms with E-state index < -0.39 is 25.8 Å². The van der Waals surface area contributed by atoms with E-state index >= 15 is 0 Å². The number of primary sulfonamides is 1. The minimum absolute atomic E-state index is 0.0775. The van der Waals surface area contributed by atoms with Crippen molar-refractivity contribution in [2.75, 3.05) is 0 Å². The molecule has 1 aliphatic rings. The molecular weight excluding hydrogens is 403 g/mol. The standard InChI is InChI=1S/C17H15AsN2O4S/c19-25(23,24)12-7-5-11(6-8-12)9-18-10-15-13-3-1-2-4-14(13)16(21)20-17(15)22/h1-8,10,18H,9H2,(H2,19,23,24)(H,20,21,22). The average molecular weight is 418 g/mol. The number of hydrogen-bond donors (Lipinski definition) is 2. The maximum absolute atomic E-state index is 12.1. The molecule has 0 radical (unpaired) electrons. The van der Waals surface area contributed by atoms with Crippen LogP contribution in [0.25, 0.3) is 5.57 Å². The molecule has 1 atom stereocenters. The number of imide groups is 1. The molecule has 1 heterocycles. The van der Waals surface area contributed by atoms with Crippen molar-refractivity contribution in [2.45, 2.75) is 10.1 Å². The Morgan fingerprint density at radius 2 is 1.60 bits per heavy atom. The van der Waals surface area contributed by atoms with Crippen molar-refractivity contribution in [3.8, 4) is 0 Å². The molecule has 1 aliphatic heterocycles. The van der Waals surface area contributed by atoms with Gasteiger partial charge in [0.1, 0.15) is 0 Å². The zero-order chi connectivity index (χ0) is 18.0. The van der Waals surface area contributed by atoms with Crippen LogP contribution >= 0.6 is 0 Å². The summed E-state index contributed by atoms with van der Waals surface area (Å²) in [4.78, 5) is 25.9. The third-order valence-electron chi connectivity index (χ3n) is 3.74. The number of nitrogens with one attached hydrogen (secondary N) is 1. The van der Waals surface area contributed by atoms with Crippen molar-refractivity contribution in [3.63, 3.8) is 0 Å². The Bertz CT molecular complexity index is 982. The topological polar surface area (TPSA) is 106 Å². The third-order valence-corrected chi connectivity index (χ3v) is 6.99. The van der Waals surface area contributed by atoms with Gasteiger partial charge in [-0.15, -0.1) is 0 Å². The zero-order valence-electron chi connectivity index (χ0n) is 13.0. The van der Waals surface area contributed by atoms with Gasteiger partial charge in [-0.2, -0.15) is 0 Å². The molecule has 3 rings (SSSR count). The average Bonchev–Trinajstić information content (AvgIpc) is 2.57. The molecule has 2 amide bonds. The maximum atomic E-state index is 12.1. The fourth-order valence-corrected chi connectivity index (χ4v) is 5.24. The van der Waals surface area contributed by atoms with Gasteiger partial charge < -0.3 is 0 Å². The van der Waals surface area contributed by atoms with Crippen LogP contribution in [0.1, 0.15) is 21.5 Å². The molecule has 25 heavy (non-hydrogen) atoms. The predicted molar refractivity (Wildman–Crippen MR) is 95.6 cm³/mol. The molecule has 0 saturated carbocycles. The summed E-state index contributed by atoms with van der Waals surface area (Å²) >= 11 is -0.646. The normalized spacial score (nSPS) is 16.3. The summed E-state index contributed by atoms with van der Waals surface area (Å²) in [6.45, 7) is 0. The molecule has 0 saturated heterocycles. The monoisotopic (exact) mass is 418 g/mol. The van der Waals surface area contributed by atoms with E-state index in [1.54, 1.807) is 36.4 Å². The summed E-state index contributed by atoms with van der Waals surface area (Å²) in [6.07, 6.45) is 0. The summed E-state index contributed by atoms with van der Waals surface area (Å²) in [6, 6.07) is 13.4. The fraction of sp³-hybridized carbons (Fsp3) is 0.0588. The van der Waals surface area contributed by atoms with Crippen LogP contribution in [0.4, 0.5) is 0 Å². The summed E-state index contributed by atoms with van der Waals surface area (Å²) in [7, 11) is -3.69.